The zero-order chi connectivity index (χ0) is 13.6. The summed E-state index contributed by atoms with van der Waals surface area (Å²) in [6.07, 6.45) is 1.32. The number of imidazole rings is 1. The monoisotopic (exact) mass is 265 g/mol. The molecule has 0 aliphatic rings. The van der Waals surface area contributed by atoms with Crippen LogP contribution in [0.4, 0.5) is 19.1 Å². The SMILES string of the molecule is Nc1nc(-c2ccc(F)c(F)c2F)c2[nH]cnc2n1. The minimum Gasteiger partial charge on any atom is -0.368 e. The van der Waals surface area contributed by atoms with Crippen LogP contribution in [0.25, 0.3) is 22.4 Å². The Bertz CT molecular complexity index is 783. The van der Waals surface area contributed by atoms with E-state index in [0.29, 0.717) is 5.52 Å². The Morgan fingerprint density at radius 3 is 2.63 bits per heavy atom. The van der Waals surface area contributed by atoms with Gasteiger partial charge in [0.15, 0.2) is 23.1 Å². The van der Waals surface area contributed by atoms with E-state index in [4.69, 9.17) is 5.73 Å². The minimum absolute atomic E-state index is 0.0244. The fraction of sp³-hybridized carbons (Fsp3) is 0. The average Bonchev–Trinajstić information content (AvgIpc) is 2.83. The summed E-state index contributed by atoms with van der Waals surface area (Å²) in [5, 5.41) is 0. The Morgan fingerprint density at radius 1 is 1.05 bits per heavy atom. The number of nitrogens with two attached hydrogens (primary N) is 1. The molecule has 2 heterocycles. The summed E-state index contributed by atoms with van der Waals surface area (Å²) >= 11 is 0. The Morgan fingerprint density at radius 2 is 1.84 bits per heavy atom. The van der Waals surface area contributed by atoms with E-state index in [1.807, 2.05) is 0 Å². The highest BCUT2D eigenvalue weighted by Crippen LogP contribution is 2.28. The van der Waals surface area contributed by atoms with Gasteiger partial charge in [0, 0.05) is 5.56 Å². The molecule has 0 aliphatic heterocycles. The molecule has 0 atom stereocenters. The van der Waals surface area contributed by atoms with Crippen molar-refractivity contribution in [1.29, 1.82) is 0 Å². The number of fused-ring (bicyclic) bond motifs is 1. The van der Waals surface area contributed by atoms with Crippen LogP contribution >= 0.6 is 0 Å². The van der Waals surface area contributed by atoms with Gasteiger partial charge < -0.3 is 10.7 Å². The number of nitrogen functional groups attached to an aromatic ring is 1. The van der Waals surface area contributed by atoms with E-state index < -0.39 is 17.5 Å². The molecule has 19 heavy (non-hydrogen) atoms. The van der Waals surface area contributed by atoms with Gasteiger partial charge in [-0.2, -0.15) is 4.98 Å². The second kappa shape index (κ2) is 3.94. The van der Waals surface area contributed by atoms with E-state index >= 15 is 0 Å². The third-order valence-corrected chi connectivity index (χ3v) is 2.59. The Labute approximate surface area is 104 Å². The maximum absolute atomic E-state index is 13.8. The molecule has 0 fully saturated rings. The summed E-state index contributed by atoms with van der Waals surface area (Å²) in [7, 11) is 0. The first-order chi connectivity index (χ1) is 9.08. The molecule has 0 aliphatic carbocycles. The Kier molecular flexibility index (Phi) is 2.37. The summed E-state index contributed by atoms with van der Waals surface area (Å²) in [4.78, 5) is 14.2. The molecule has 0 bridgehead atoms. The zero-order valence-corrected chi connectivity index (χ0v) is 9.28. The van der Waals surface area contributed by atoms with Crippen molar-refractivity contribution in [3.05, 3.63) is 35.9 Å². The minimum atomic E-state index is -1.57. The lowest BCUT2D eigenvalue weighted by atomic mass is 10.1. The topological polar surface area (TPSA) is 80.5 Å². The van der Waals surface area contributed by atoms with Crippen molar-refractivity contribution in [1.82, 2.24) is 19.9 Å². The van der Waals surface area contributed by atoms with Crippen LogP contribution in [0.5, 0.6) is 0 Å². The van der Waals surface area contributed by atoms with Gasteiger partial charge in [-0.05, 0) is 12.1 Å². The van der Waals surface area contributed by atoms with Crippen molar-refractivity contribution >= 4 is 17.1 Å². The molecule has 0 unspecified atom stereocenters. The first kappa shape index (κ1) is 11.5. The average molecular weight is 265 g/mol. The van der Waals surface area contributed by atoms with Gasteiger partial charge >= 0.3 is 0 Å². The third kappa shape index (κ3) is 1.68. The van der Waals surface area contributed by atoms with Crippen molar-refractivity contribution < 1.29 is 13.2 Å². The van der Waals surface area contributed by atoms with Crippen LogP contribution in [0.3, 0.4) is 0 Å². The first-order valence-corrected chi connectivity index (χ1v) is 5.18. The normalized spacial score (nSPS) is 11.1. The maximum atomic E-state index is 13.8. The summed E-state index contributed by atoms with van der Waals surface area (Å²) < 4.78 is 39.9. The maximum Gasteiger partial charge on any atom is 0.222 e. The van der Waals surface area contributed by atoms with Crippen LogP contribution in [0.2, 0.25) is 0 Å². The molecule has 0 amide bonds. The molecule has 8 heteroatoms. The highest BCUT2D eigenvalue weighted by atomic mass is 19.2. The second-order valence-corrected chi connectivity index (χ2v) is 3.75. The van der Waals surface area contributed by atoms with Gasteiger partial charge in [0.05, 0.1) is 6.33 Å². The molecule has 5 nitrogen and oxygen atoms in total. The predicted molar refractivity (Wildman–Crippen MR) is 61.4 cm³/mol. The van der Waals surface area contributed by atoms with Crippen LogP contribution in [0, 0.1) is 17.5 Å². The summed E-state index contributed by atoms with van der Waals surface area (Å²) in [5.41, 5.74) is 5.78. The number of halogens is 3. The molecule has 0 spiro atoms. The van der Waals surface area contributed by atoms with Crippen LogP contribution in [0.15, 0.2) is 18.5 Å². The molecular weight excluding hydrogens is 259 g/mol. The van der Waals surface area contributed by atoms with Crippen molar-refractivity contribution in [2.75, 3.05) is 5.73 Å². The Hall–Kier alpha value is -2.64. The van der Waals surface area contributed by atoms with E-state index in [-0.39, 0.29) is 22.9 Å². The number of benzene rings is 1. The van der Waals surface area contributed by atoms with Gasteiger partial charge in [-0.15, -0.1) is 0 Å². The number of hydrogen-bond donors (Lipinski definition) is 2. The van der Waals surface area contributed by atoms with Gasteiger partial charge in [-0.3, -0.25) is 0 Å². The molecule has 2 aromatic heterocycles. The quantitative estimate of drug-likeness (QED) is 0.659. The van der Waals surface area contributed by atoms with E-state index in [2.05, 4.69) is 19.9 Å². The molecule has 3 rings (SSSR count). The third-order valence-electron chi connectivity index (χ3n) is 2.59. The number of hydrogen-bond acceptors (Lipinski definition) is 4. The van der Waals surface area contributed by atoms with Crippen molar-refractivity contribution in [2.24, 2.45) is 0 Å². The first-order valence-electron chi connectivity index (χ1n) is 5.18. The molecule has 96 valence electrons. The molecule has 1 aromatic carbocycles. The lowest BCUT2D eigenvalue weighted by molar-refractivity contribution is 0.449. The van der Waals surface area contributed by atoms with E-state index in [0.717, 1.165) is 12.1 Å². The van der Waals surface area contributed by atoms with Crippen LogP contribution in [0.1, 0.15) is 0 Å². The van der Waals surface area contributed by atoms with Crippen LogP contribution in [-0.2, 0) is 0 Å². The Balaban J connectivity index is 2.36. The number of nitrogens with one attached hydrogen (secondary N) is 1. The highest BCUT2D eigenvalue weighted by molar-refractivity contribution is 5.87. The predicted octanol–water partition coefficient (Wildman–Crippen LogP) is 2.02. The van der Waals surface area contributed by atoms with Gasteiger partial charge in [0.1, 0.15) is 11.2 Å². The lowest BCUT2D eigenvalue weighted by Gasteiger charge is -2.05. The fourth-order valence-corrected chi connectivity index (χ4v) is 1.75. The lowest BCUT2D eigenvalue weighted by Crippen LogP contribution is -2.01. The molecule has 0 radical (unpaired) electrons. The van der Waals surface area contributed by atoms with Crippen LogP contribution in [-0.4, -0.2) is 19.9 Å². The van der Waals surface area contributed by atoms with E-state index in [1.54, 1.807) is 0 Å². The van der Waals surface area contributed by atoms with Crippen molar-refractivity contribution in [3.63, 3.8) is 0 Å². The van der Waals surface area contributed by atoms with Crippen molar-refractivity contribution in [3.8, 4) is 11.3 Å². The number of rotatable bonds is 1. The molecular formula is C11H6F3N5. The molecule has 3 aromatic rings. The summed E-state index contributed by atoms with van der Waals surface area (Å²) in [6, 6.07) is 1.89. The number of aromatic nitrogens is 4. The number of anilines is 1. The summed E-state index contributed by atoms with van der Waals surface area (Å²) in [5.74, 6) is -4.32. The van der Waals surface area contributed by atoms with Gasteiger partial charge in [0.2, 0.25) is 5.95 Å². The van der Waals surface area contributed by atoms with Crippen molar-refractivity contribution in [2.45, 2.75) is 0 Å². The van der Waals surface area contributed by atoms with E-state index in [9.17, 15) is 13.2 Å². The standard InChI is InChI=1S/C11H6F3N5/c12-5-2-1-4(6(13)7(5)14)8-9-10(17-3-16-9)19-11(15)18-8/h1-3H,(H3,15,16,17,18,19). The zero-order valence-electron chi connectivity index (χ0n) is 9.28. The largest absolute Gasteiger partial charge is 0.368 e. The van der Waals surface area contributed by atoms with Gasteiger partial charge in [-0.25, -0.2) is 23.1 Å². The number of nitrogens with zero attached hydrogens (tertiary/aromatic N) is 3. The fourth-order valence-electron chi connectivity index (χ4n) is 1.75. The van der Waals surface area contributed by atoms with Crippen LogP contribution < -0.4 is 5.73 Å². The molecule has 0 saturated carbocycles. The second-order valence-electron chi connectivity index (χ2n) is 3.75. The number of aromatic amines is 1. The number of H-pyrrole nitrogens is 1. The van der Waals surface area contributed by atoms with Gasteiger partial charge in [0.25, 0.3) is 0 Å². The highest BCUT2D eigenvalue weighted by Gasteiger charge is 2.19. The smallest absolute Gasteiger partial charge is 0.222 e. The van der Waals surface area contributed by atoms with Gasteiger partial charge in [-0.1, -0.05) is 0 Å². The molecule has 0 saturated heterocycles. The summed E-state index contributed by atoms with van der Waals surface area (Å²) in [6.45, 7) is 0. The molecule has 3 N–H and O–H groups in total. The van der Waals surface area contributed by atoms with E-state index in [1.165, 1.54) is 6.33 Å².